The molecule has 1 aromatic heterocycles. The molecule has 0 unspecified atom stereocenters. The third-order valence-corrected chi connectivity index (χ3v) is 5.35. The number of hydrogen-bond acceptors (Lipinski definition) is 11. The molecule has 0 radical (unpaired) electrons. The average molecular weight is 477 g/mol. The van der Waals surface area contributed by atoms with Crippen LogP contribution in [-0.2, 0) is 0 Å². The molecule has 0 spiro atoms. The van der Waals surface area contributed by atoms with Gasteiger partial charge >= 0.3 is 0 Å². The fourth-order valence-electron chi connectivity index (χ4n) is 3.60. The first-order chi connectivity index (χ1) is 17.0. The van der Waals surface area contributed by atoms with E-state index in [1.807, 2.05) is 0 Å². The van der Waals surface area contributed by atoms with Crippen molar-refractivity contribution in [3.8, 4) is 0 Å². The first-order valence-electron chi connectivity index (χ1n) is 11.0. The number of para-hydroxylation sites is 1. The van der Waals surface area contributed by atoms with Gasteiger partial charge in [-0.1, -0.05) is 25.0 Å². The Bertz CT molecular complexity index is 1230. The Balaban J connectivity index is 1.59. The SMILES string of the molecule is O=[N+]([O-])c1ccc(Nc2nc(N/N=C\c3ccccc3[N+](=O)[O-])nc(N3CCCCCC3)n2)cc1. The fraction of sp³-hybridized carbons (Fsp3) is 0.273. The maximum Gasteiger partial charge on any atom is 0.278 e. The number of nitro benzene ring substituents is 2. The highest BCUT2D eigenvalue weighted by Crippen LogP contribution is 2.22. The van der Waals surface area contributed by atoms with Crippen LogP contribution in [0.25, 0.3) is 0 Å². The summed E-state index contributed by atoms with van der Waals surface area (Å²) in [6, 6.07) is 12.1. The predicted octanol–water partition coefficient (Wildman–Crippen LogP) is 4.26. The van der Waals surface area contributed by atoms with Crippen molar-refractivity contribution in [2.24, 2.45) is 5.10 Å². The lowest BCUT2D eigenvalue weighted by Crippen LogP contribution is -2.26. The summed E-state index contributed by atoms with van der Waals surface area (Å²) in [6.45, 7) is 1.61. The molecule has 0 bridgehead atoms. The number of nitrogens with zero attached hydrogens (tertiary/aromatic N) is 7. The number of nitro groups is 2. The van der Waals surface area contributed by atoms with E-state index >= 15 is 0 Å². The normalized spacial score (nSPS) is 13.9. The Kier molecular flexibility index (Phi) is 7.35. The van der Waals surface area contributed by atoms with E-state index in [2.05, 4.69) is 35.7 Å². The molecule has 1 aliphatic rings. The molecule has 0 aliphatic carbocycles. The molecule has 2 aromatic carbocycles. The molecule has 3 aromatic rings. The van der Waals surface area contributed by atoms with Gasteiger partial charge in [-0.2, -0.15) is 20.1 Å². The van der Waals surface area contributed by atoms with E-state index in [-0.39, 0.29) is 23.3 Å². The Hall–Kier alpha value is -4.68. The van der Waals surface area contributed by atoms with E-state index in [9.17, 15) is 20.2 Å². The lowest BCUT2D eigenvalue weighted by atomic mass is 10.2. The molecule has 2 heterocycles. The highest BCUT2D eigenvalue weighted by atomic mass is 16.6. The van der Waals surface area contributed by atoms with Gasteiger partial charge in [0.25, 0.3) is 11.4 Å². The van der Waals surface area contributed by atoms with Crippen molar-refractivity contribution in [2.75, 3.05) is 28.7 Å². The van der Waals surface area contributed by atoms with Gasteiger partial charge in [-0.3, -0.25) is 20.2 Å². The second kappa shape index (κ2) is 11.0. The summed E-state index contributed by atoms with van der Waals surface area (Å²) in [5.41, 5.74) is 3.54. The van der Waals surface area contributed by atoms with Gasteiger partial charge in [-0.05, 0) is 31.0 Å². The minimum Gasteiger partial charge on any atom is -0.341 e. The smallest absolute Gasteiger partial charge is 0.278 e. The number of aromatic nitrogens is 3. The molecular weight excluding hydrogens is 454 g/mol. The molecular formula is C22H23N9O4. The van der Waals surface area contributed by atoms with E-state index in [1.54, 1.807) is 30.3 Å². The van der Waals surface area contributed by atoms with Crippen molar-refractivity contribution < 1.29 is 9.85 Å². The third-order valence-electron chi connectivity index (χ3n) is 5.35. The first kappa shape index (κ1) is 23.5. The van der Waals surface area contributed by atoms with E-state index in [0.717, 1.165) is 38.8 Å². The fourth-order valence-corrected chi connectivity index (χ4v) is 3.60. The number of benzene rings is 2. The lowest BCUT2D eigenvalue weighted by Gasteiger charge is -2.21. The number of anilines is 4. The van der Waals surface area contributed by atoms with Crippen molar-refractivity contribution in [3.63, 3.8) is 0 Å². The van der Waals surface area contributed by atoms with E-state index in [0.29, 0.717) is 17.2 Å². The van der Waals surface area contributed by atoms with Crippen LogP contribution in [0.15, 0.2) is 53.6 Å². The molecule has 0 amide bonds. The summed E-state index contributed by atoms with van der Waals surface area (Å²) in [5, 5.41) is 29.3. The van der Waals surface area contributed by atoms with E-state index < -0.39 is 9.85 Å². The molecule has 1 aliphatic heterocycles. The minimum atomic E-state index is -0.478. The van der Waals surface area contributed by atoms with Crippen LogP contribution in [-0.4, -0.2) is 44.1 Å². The van der Waals surface area contributed by atoms with Crippen LogP contribution < -0.4 is 15.6 Å². The topological polar surface area (TPSA) is 165 Å². The van der Waals surface area contributed by atoms with Crippen LogP contribution >= 0.6 is 0 Å². The predicted molar refractivity (Wildman–Crippen MR) is 131 cm³/mol. The maximum atomic E-state index is 11.2. The first-order valence-corrected chi connectivity index (χ1v) is 11.0. The molecule has 1 saturated heterocycles. The Morgan fingerprint density at radius 2 is 1.54 bits per heavy atom. The number of nitrogens with one attached hydrogen (secondary N) is 2. The molecule has 35 heavy (non-hydrogen) atoms. The molecule has 13 nitrogen and oxygen atoms in total. The monoisotopic (exact) mass is 477 g/mol. The van der Waals surface area contributed by atoms with Crippen molar-refractivity contribution in [2.45, 2.75) is 25.7 Å². The highest BCUT2D eigenvalue weighted by molar-refractivity contribution is 5.85. The van der Waals surface area contributed by atoms with Gasteiger partial charge in [0.15, 0.2) is 0 Å². The van der Waals surface area contributed by atoms with Gasteiger partial charge in [-0.15, -0.1) is 0 Å². The standard InChI is InChI=1S/C22H23N9O4/c32-30(33)18-11-9-17(10-12-18)24-20-25-21(27-22(26-20)29-13-5-1-2-6-14-29)28-23-15-16-7-3-4-8-19(16)31(34)35/h3-4,7-12,15H,1-2,5-6,13-14H2,(H2,24,25,26,27,28)/b23-15-. The summed E-state index contributed by atoms with van der Waals surface area (Å²) in [4.78, 5) is 36.6. The van der Waals surface area contributed by atoms with Gasteiger partial charge in [0, 0.05) is 37.0 Å². The quantitative estimate of drug-likeness (QED) is 0.272. The van der Waals surface area contributed by atoms with Crippen molar-refractivity contribution in [1.82, 2.24) is 15.0 Å². The number of hydrogen-bond donors (Lipinski definition) is 2. The molecule has 2 N–H and O–H groups in total. The summed E-state index contributed by atoms with van der Waals surface area (Å²) < 4.78 is 0. The van der Waals surface area contributed by atoms with Crippen molar-refractivity contribution in [1.29, 1.82) is 0 Å². The van der Waals surface area contributed by atoms with E-state index in [4.69, 9.17) is 0 Å². The molecule has 13 heteroatoms. The third kappa shape index (κ3) is 6.22. The largest absolute Gasteiger partial charge is 0.341 e. The minimum absolute atomic E-state index is 0.0249. The maximum absolute atomic E-state index is 11.2. The molecule has 1 fully saturated rings. The van der Waals surface area contributed by atoms with Crippen LogP contribution in [0, 0.1) is 20.2 Å². The zero-order valence-electron chi connectivity index (χ0n) is 18.7. The van der Waals surface area contributed by atoms with Crippen LogP contribution in [0.3, 0.4) is 0 Å². The van der Waals surface area contributed by atoms with Gasteiger partial charge in [0.05, 0.1) is 21.6 Å². The molecule has 0 atom stereocenters. The summed E-state index contributed by atoms with van der Waals surface area (Å²) in [6.07, 6.45) is 5.66. The van der Waals surface area contributed by atoms with Gasteiger partial charge in [0.2, 0.25) is 17.8 Å². The zero-order chi connectivity index (χ0) is 24.6. The number of rotatable bonds is 8. The van der Waals surface area contributed by atoms with Crippen molar-refractivity contribution in [3.05, 3.63) is 74.3 Å². The van der Waals surface area contributed by atoms with Gasteiger partial charge in [-0.25, -0.2) is 5.43 Å². The van der Waals surface area contributed by atoms with Crippen LogP contribution in [0.1, 0.15) is 31.2 Å². The van der Waals surface area contributed by atoms with Crippen LogP contribution in [0.2, 0.25) is 0 Å². The Morgan fingerprint density at radius 3 is 2.23 bits per heavy atom. The second-order valence-electron chi connectivity index (χ2n) is 7.80. The molecule has 0 saturated carbocycles. The Morgan fingerprint density at radius 1 is 0.857 bits per heavy atom. The van der Waals surface area contributed by atoms with Crippen LogP contribution in [0.4, 0.5) is 34.9 Å². The average Bonchev–Trinajstić information content (AvgIpc) is 3.14. The molecule has 4 rings (SSSR count). The number of non-ortho nitro benzene ring substituents is 1. The van der Waals surface area contributed by atoms with Gasteiger partial charge < -0.3 is 10.2 Å². The second-order valence-corrected chi connectivity index (χ2v) is 7.80. The van der Waals surface area contributed by atoms with E-state index in [1.165, 1.54) is 24.4 Å². The summed E-state index contributed by atoms with van der Waals surface area (Å²) in [5.74, 6) is 0.852. The highest BCUT2D eigenvalue weighted by Gasteiger charge is 2.16. The lowest BCUT2D eigenvalue weighted by molar-refractivity contribution is -0.385. The zero-order valence-corrected chi connectivity index (χ0v) is 18.7. The van der Waals surface area contributed by atoms with Gasteiger partial charge in [0.1, 0.15) is 0 Å². The van der Waals surface area contributed by atoms with Crippen LogP contribution in [0.5, 0.6) is 0 Å². The van der Waals surface area contributed by atoms with Crippen molar-refractivity contribution >= 4 is 41.1 Å². The molecule has 180 valence electrons. The Labute approximate surface area is 200 Å². The summed E-state index contributed by atoms with van der Waals surface area (Å²) in [7, 11) is 0. The number of hydrazone groups is 1. The summed E-state index contributed by atoms with van der Waals surface area (Å²) >= 11 is 0.